The minimum absolute atomic E-state index is 0.0671. The molecule has 0 spiro atoms. The second kappa shape index (κ2) is 7.32. The highest BCUT2D eigenvalue weighted by Gasteiger charge is 2.08. The molecule has 0 bridgehead atoms. The minimum atomic E-state index is -3.28. The summed E-state index contributed by atoms with van der Waals surface area (Å²) in [6, 6.07) is 3.16. The van der Waals surface area contributed by atoms with Crippen LogP contribution in [0.15, 0.2) is 18.3 Å². The molecule has 0 aliphatic rings. The van der Waals surface area contributed by atoms with Gasteiger partial charge in [-0.05, 0) is 26.2 Å². The van der Waals surface area contributed by atoms with Gasteiger partial charge >= 0.3 is 0 Å². The number of carbonyl (C=O) groups is 1. The number of amides is 1. The van der Waals surface area contributed by atoms with E-state index in [4.69, 9.17) is 0 Å². The molecule has 0 fully saturated rings. The van der Waals surface area contributed by atoms with Crippen LogP contribution in [0.2, 0.25) is 0 Å². The summed E-state index contributed by atoms with van der Waals surface area (Å²) < 4.78 is 24.3. The first-order valence-corrected chi connectivity index (χ1v) is 7.99. The SMILES string of the molecule is CN(C)CCNC(=O)c1ccnc(CNS(C)(=O)=O)c1. The first-order valence-electron chi connectivity index (χ1n) is 6.10. The molecule has 1 rings (SSSR count). The average Bonchev–Trinajstić information content (AvgIpc) is 2.35. The van der Waals surface area contributed by atoms with E-state index in [-0.39, 0.29) is 12.5 Å². The molecule has 0 aromatic carbocycles. The van der Waals surface area contributed by atoms with Crippen LogP contribution >= 0.6 is 0 Å². The number of rotatable bonds is 7. The molecular weight excluding hydrogens is 280 g/mol. The van der Waals surface area contributed by atoms with Gasteiger partial charge in [-0.3, -0.25) is 9.78 Å². The van der Waals surface area contributed by atoms with Crippen LogP contribution < -0.4 is 10.0 Å². The zero-order chi connectivity index (χ0) is 15.2. The van der Waals surface area contributed by atoms with Crippen LogP contribution in [0.5, 0.6) is 0 Å². The molecule has 8 heteroatoms. The van der Waals surface area contributed by atoms with E-state index in [2.05, 4.69) is 15.0 Å². The summed E-state index contributed by atoms with van der Waals surface area (Å²) in [6.45, 7) is 1.36. The number of carbonyl (C=O) groups excluding carboxylic acids is 1. The molecule has 0 radical (unpaired) electrons. The number of nitrogens with zero attached hydrogens (tertiary/aromatic N) is 2. The summed E-state index contributed by atoms with van der Waals surface area (Å²) in [5, 5.41) is 2.78. The number of nitrogens with one attached hydrogen (secondary N) is 2. The Balaban J connectivity index is 2.60. The third-order valence-corrected chi connectivity index (χ3v) is 3.11. The molecule has 0 atom stereocenters. The van der Waals surface area contributed by atoms with E-state index >= 15 is 0 Å². The van der Waals surface area contributed by atoms with Gasteiger partial charge in [-0.15, -0.1) is 0 Å². The lowest BCUT2D eigenvalue weighted by Gasteiger charge is -2.10. The molecule has 0 saturated heterocycles. The number of aromatic nitrogens is 1. The van der Waals surface area contributed by atoms with Crippen molar-refractivity contribution in [3.63, 3.8) is 0 Å². The number of hydrogen-bond acceptors (Lipinski definition) is 5. The van der Waals surface area contributed by atoms with Crippen LogP contribution in [0.1, 0.15) is 16.1 Å². The van der Waals surface area contributed by atoms with Crippen molar-refractivity contribution in [2.75, 3.05) is 33.4 Å². The summed E-state index contributed by atoms with van der Waals surface area (Å²) in [7, 11) is 0.573. The van der Waals surface area contributed by atoms with E-state index in [1.54, 1.807) is 12.1 Å². The van der Waals surface area contributed by atoms with Crippen LogP contribution in [0.3, 0.4) is 0 Å². The van der Waals surface area contributed by atoms with Crippen molar-refractivity contribution in [2.24, 2.45) is 0 Å². The van der Waals surface area contributed by atoms with Crippen LogP contribution in [-0.4, -0.2) is 57.6 Å². The van der Waals surface area contributed by atoms with Crippen LogP contribution in [0, 0.1) is 0 Å². The van der Waals surface area contributed by atoms with Gasteiger partial charge < -0.3 is 10.2 Å². The smallest absolute Gasteiger partial charge is 0.251 e. The van der Waals surface area contributed by atoms with Gasteiger partial charge in [0.25, 0.3) is 5.91 Å². The normalized spacial score (nSPS) is 11.6. The second-order valence-corrected chi connectivity index (χ2v) is 6.52. The number of sulfonamides is 1. The largest absolute Gasteiger partial charge is 0.351 e. The van der Waals surface area contributed by atoms with E-state index in [0.29, 0.717) is 17.8 Å². The van der Waals surface area contributed by atoms with Crippen LogP contribution in [-0.2, 0) is 16.6 Å². The van der Waals surface area contributed by atoms with Crippen molar-refractivity contribution >= 4 is 15.9 Å². The van der Waals surface area contributed by atoms with Gasteiger partial charge in [0, 0.05) is 24.8 Å². The molecule has 1 aromatic rings. The van der Waals surface area contributed by atoms with Gasteiger partial charge in [0.2, 0.25) is 10.0 Å². The molecule has 1 amide bonds. The van der Waals surface area contributed by atoms with E-state index in [0.717, 1.165) is 12.8 Å². The molecule has 0 saturated carbocycles. The van der Waals surface area contributed by atoms with Gasteiger partial charge in [0.15, 0.2) is 0 Å². The molecule has 112 valence electrons. The predicted octanol–water partition coefficient (Wildman–Crippen LogP) is -0.578. The minimum Gasteiger partial charge on any atom is -0.351 e. The summed E-state index contributed by atoms with van der Waals surface area (Å²) in [4.78, 5) is 17.9. The first kappa shape index (κ1) is 16.5. The molecular formula is C12H20N4O3S. The highest BCUT2D eigenvalue weighted by Crippen LogP contribution is 2.02. The van der Waals surface area contributed by atoms with Crippen molar-refractivity contribution in [3.8, 4) is 0 Å². The van der Waals surface area contributed by atoms with Gasteiger partial charge in [-0.25, -0.2) is 13.1 Å². The maximum absolute atomic E-state index is 11.9. The lowest BCUT2D eigenvalue weighted by Crippen LogP contribution is -2.31. The summed E-state index contributed by atoms with van der Waals surface area (Å²) in [5.74, 6) is -0.199. The molecule has 7 nitrogen and oxygen atoms in total. The van der Waals surface area contributed by atoms with Gasteiger partial charge in [-0.1, -0.05) is 0 Å². The highest BCUT2D eigenvalue weighted by molar-refractivity contribution is 7.88. The standard InChI is InChI=1S/C12H20N4O3S/c1-16(2)7-6-14-12(17)10-4-5-13-11(8-10)9-15-20(3,18)19/h4-5,8,15H,6-7,9H2,1-3H3,(H,14,17). The van der Waals surface area contributed by atoms with Gasteiger partial charge in [0.05, 0.1) is 18.5 Å². The average molecular weight is 300 g/mol. The lowest BCUT2D eigenvalue weighted by molar-refractivity contribution is 0.0951. The monoisotopic (exact) mass is 300 g/mol. The van der Waals surface area contributed by atoms with Gasteiger partial charge in [0.1, 0.15) is 0 Å². The maximum Gasteiger partial charge on any atom is 0.251 e. The lowest BCUT2D eigenvalue weighted by atomic mass is 10.2. The Labute approximate surface area is 119 Å². The van der Waals surface area contributed by atoms with E-state index in [9.17, 15) is 13.2 Å². The molecule has 1 aromatic heterocycles. The molecule has 2 N–H and O–H groups in total. The zero-order valence-corrected chi connectivity index (χ0v) is 12.7. The maximum atomic E-state index is 11.9. The zero-order valence-electron chi connectivity index (χ0n) is 11.9. The van der Waals surface area contributed by atoms with Crippen molar-refractivity contribution < 1.29 is 13.2 Å². The van der Waals surface area contributed by atoms with Crippen molar-refractivity contribution in [2.45, 2.75) is 6.54 Å². The Morgan fingerprint density at radius 3 is 2.70 bits per heavy atom. The Morgan fingerprint density at radius 1 is 1.40 bits per heavy atom. The number of hydrogen-bond donors (Lipinski definition) is 2. The van der Waals surface area contributed by atoms with E-state index in [1.807, 2.05) is 19.0 Å². The van der Waals surface area contributed by atoms with Crippen molar-refractivity contribution in [1.82, 2.24) is 19.9 Å². The molecule has 20 heavy (non-hydrogen) atoms. The van der Waals surface area contributed by atoms with E-state index < -0.39 is 10.0 Å². The molecule has 0 aliphatic heterocycles. The summed E-state index contributed by atoms with van der Waals surface area (Å²) in [5.41, 5.74) is 0.958. The molecule has 0 aliphatic carbocycles. The Morgan fingerprint density at radius 2 is 2.10 bits per heavy atom. The fraction of sp³-hybridized carbons (Fsp3) is 0.500. The number of likely N-dealkylation sites (N-methyl/N-ethyl adjacent to an activating group) is 1. The van der Waals surface area contributed by atoms with Crippen LogP contribution in [0.4, 0.5) is 0 Å². The number of pyridine rings is 1. The Hall–Kier alpha value is -1.51. The Kier molecular flexibility index (Phi) is 6.05. The Bertz CT molecular complexity index is 558. The first-order chi connectivity index (χ1) is 9.28. The fourth-order valence-corrected chi connectivity index (χ4v) is 1.83. The fourth-order valence-electron chi connectivity index (χ4n) is 1.42. The molecule has 0 unspecified atom stereocenters. The summed E-state index contributed by atoms with van der Waals surface area (Å²) >= 11 is 0. The third kappa shape index (κ3) is 6.60. The van der Waals surface area contributed by atoms with Crippen LogP contribution in [0.25, 0.3) is 0 Å². The second-order valence-electron chi connectivity index (χ2n) is 4.69. The van der Waals surface area contributed by atoms with Crippen molar-refractivity contribution in [3.05, 3.63) is 29.6 Å². The summed E-state index contributed by atoms with van der Waals surface area (Å²) in [6.07, 6.45) is 2.56. The molecule has 1 heterocycles. The van der Waals surface area contributed by atoms with Gasteiger partial charge in [-0.2, -0.15) is 0 Å². The predicted molar refractivity (Wildman–Crippen MR) is 76.8 cm³/mol. The topological polar surface area (TPSA) is 91.4 Å². The van der Waals surface area contributed by atoms with E-state index in [1.165, 1.54) is 6.20 Å². The van der Waals surface area contributed by atoms with Crippen molar-refractivity contribution in [1.29, 1.82) is 0 Å². The quantitative estimate of drug-likeness (QED) is 0.703. The highest BCUT2D eigenvalue weighted by atomic mass is 32.2. The third-order valence-electron chi connectivity index (χ3n) is 2.44.